The molecular formula is C23H22O. The highest BCUT2D eigenvalue weighted by Gasteiger charge is 2.13. The number of benzene rings is 3. The minimum atomic E-state index is 0.733. The summed E-state index contributed by atoms with van der Waals surface area (Å²) in [5, 5.41) is 5.64. The van der Waals surface area contributed by atoms with Crippen LogP contribution >= 0.6 is 0 Å². The van der Waals surface area contributed by atoms with Crippen molar-refractivity contribution in [3.8, 4) is 0 Å². The minimum Gasteiger partial charge on any atom is -0.497 e. The molecule has 0 radical (unpaired) electrons. The number of hydrogen-bond donors (Lipinski definition) is 0. The number of fused-ring (bicyclic) bond motifs is 5. The van der Waals surface area contributed by atoms with Crippen LogP contribution < -0.4 is 0 Å². The van der Waals surface area contributed by atoms with E-state index in [1.54, 1.807) is 17.4 Å². The third-order valence-electron chi connectivity index (χ3n) is 4.87. The average Bonchev–Trinajstić information content (AvgIpc) is 2.69. The molecule has 1 nitrogen and oxygen atoms in total. The lowest BCUT2D eigenvalue weighted by Gasteiger charge is -2.18. The molecule has 5 rings (SSSR count). The van der Waals surface area contributed by atoms with Gasteiger partial charge in [-0.2, -0.15) is 0 Å². The van der Waals surface area contributed by atoms with Gasteiger partial charge in [0.15, 0.2) is 0 Å². The zero-order chi connectivity index (χ0) is 16.2. The quantitative estimate of drug-likeness (QED) is 0.465. The second-order valence-electron chi connectivity index (χ2n) is 6.38. The van der Waals surface area contributed by atoms with E-state index < -0.39 is 0 Å². The highest BCUT2D eigenvalue weighted by molar-refractivity contribution is 6.08. The summed E-state index contributed by atoms with van der Waals surface area (Å²) in [7, 11) is 0. The summed E-state index contributed by atoms with van der Waals surface area (Å²) < 4.78 is 4.80. The van der Waals surface area contributed by atoms with E-state index in [1.165, 1.54) is 47.2 Å². The maximum absolute atomic E-state index is 4.80. The molecule has 3 aromatic carbocycles. The first-order chi connectivity index (χ1) is 11.9. The Balaban J connectivity index is 0.000000207. The van der Waals surface area contributed by atoms with Crippen LogP contribution in [-0.2, 0) is 17.6 Å². The second kappa shape index (κ2) is 6.92. The molecule has 0 saturated heterocycles. The van der Waals surface area contributed by atoms with E-state index in [0.717, 1.165) is 6.61 Å². The van der Waals surface area contributed by atoms with E-state index in [9.17, 15) is 0 Å². The van der Waals surface area contributed by atoms with Crippen LogP contribution in [0, 0.1) is 0 Å². The van der Waals surface area contributed by atoms with Crippen LogP contribution in [0.3, 0.4) is 0 Å². The van der Waals surface area contributed by atoms with Gasteiger partial charge >= 0.3 is 0 Å². The average molecular weight is 314 g/mol. The van der Waals surface area contributed by atoms with Gasteiger partial charge in [0.05, 0.1) is 6.26 Å². The van der Waals surface area contributed by atoms with Crippen LogP contribution in [0.2, 0.25) is 0 Å². The first kappa shape index (κ1) is 15.0. The molecule has 0 fully saturated rings. The number of hydrogen-bond acceptors (Lipinski definition) is 1. The van der Waals surface area contributed by atoms with Crippen LogP contribution in [0.25, 0.3) is 21.5 Å². The molecule has 0 atom stereocenters. The van der Waals surface area contributed by atoms with Crippen molar-refractivity contribution in [3.63, 3.8) is 0 Å². The van der Waals surface area contributed by atoms with Crippen molar-refractivity contribution in [1.29, 1.82) is 0 Å². The first-order valence-electron chi connectivity index (χ1n) is 8.79. The molecule has 0 unspecified atom stereocenters. The van der Waals surface area contributed by atoms with Crippen molar-refractivity contribution in [3.05, 3.63) is 84.1 Å². The van der Waals surface area contributed by atoms with Gasteiger partial charge < -0.3 is 4.74 Å². The van der Waals surface area contributed by atoms with E-state index in [-0.39, 0.29) is 0 Å². The van der Waals surface area contributed by atoms with Gasteiger partial charge in [-0.15, -0.1) is 0 Å². The topological polar surface area (TPSA) is 9.23 Å². The largest absolute Gasteiger partial charge is 0.497 e. The molecule has 0 saturated carbocycles. The fourth-order valence-corrected chi connectivity index (χ4v) is 3.69. The summed E-state index contributed by atoms with van der Waals surface area (Å²) >= 11 is 0. The molecule has 1 heteroatoms. The van der Waals surface area contributed by atoms with Gasteiger partial charge in [-0.25, -0.2) is 0 Å². The summed E-state index contributed by atoms with van der Waals surface area (Å²) in [4.78, 5) is 0. The van der Waals surface area contributed by atoms with Crippen LogP contribution in [0.4, 0.5) is 0 Å². The van der Waals surface area contributed by atoms with E-state index >= 15 is 0 Å². The van der Waals surface area contributed by atoms with Gasteiger partial charge in [0, 0.05) is 0 Å². The molecule has 0 aromatic heterocycles. The van der Waals surface area contributed by atoms with Crippen LogP contribution in [0.5, 0.6) is 0 Å². The standard InChI is InChI=1S/C18H16.C5H6O/c1-3-7-15-13(5-1)9-11-18-16-8-4-2-6-14(16)10-12-17(15)18;1-2-4-6-5-3-1/h1,3,5,7,9-12H,2,4,6,8H2;1-4H,5H2. The molecule has 2 aliphatic rings. The normalized spacial score (nSPS) is 15.5. The Morgan fingerprint density at radius 3 is 2.38 bits per heavy atom. The van der Waals surface area contributed by atoms with Gasteiger partial charge in [-0.1, -0.05) is 54.6 Å². The molecule has 1 heterocycles. The van der Waals surface area contributed by atoms with Gasteiger partial charge in [-0.05, 0) is 70.5 Å². The first-order valence-corrected chi connectivity index (χ1v) is 8.79. The van der Waals surface area contributed by atoms with E-state index in [1.807, 2.05) is 18.2 Å². The Bertz CT molecular complexity index is 906. The highest BCUT2D eigenvalue weighted by Crippen LogP contribution is 2.33. The minimum absolute atomic E-state index is 0.733. The van der Waals surface area contributed by atoms with E-state index in [0.29, 0.717) is 0 Å². The van der Waals surface area contributed by atoms with Crippen molar-refractivity contribution < 1.29 is 4.74 Å². The summed E-state index contributed by atoms with van der Waals surface area (Å²) in [6.45, 7) is 0.733. The van der Waals surface area contributed by atoms with Crippen molar-refractivity contribution in [2.24, 2.45) is 0 Å². The Morgan fingerprint density at radius 1 is 0.708 bits per heavy atom. The molecule has 120 valence electrons. The van der Waals surface area contributed by atoms with E-state index in [4.69, 9.17) is 4.74 Å². The predicted octanol–water partition coefficient (Wildman–Crippen LogP) is 5.96. The molecule has 3 aromatic rings. The molecule has 0 bridgehead atoms. The smallest absolute Gasteiger partial charge is 0.106 e. The van der Waals surface area contributed by atoms with Crippen LogP contribution in [0.1, 0.15) is 24.0 Å². The SMILES string of the molecule is C1=CCOC=C1.c1ccc2c(c1)ccc1c3c(ccc12)CCCC3. The van der Waals surface area contributed by atoms with Crippen LogP contribution in [0.15, 0.2) is 73.0 Å². The molecule has 0 amide bonds. The van der Waals surface area contributed by atoms with E-state index in [2.05, 4.69) is 48.5 Å². The van der Waals surface area contributed by atoms with Gasteiger partial charge in [0.2, 0.25) is 0 Å². The Morgan fingerprint density at radius 2 is 1.58 bits per heavy atom. The zero-order valence-corrected chi connectivity index (χ0v) is 13.9. The number of allylic oxidation sites excluding steroid dienone is 2. The highest BCUT2D eigenvalue weighted by atomic mass is 16.5. The fraction of sp³-hybridized carbons (Fsp3) is 0.217. The Labute approximate surface area is 143 Å². The molecule has 0 spiro atoms. The predicted molar refractivity (Wildman–Crippen MR) is 102 cm³/mol. The molecule has 24 heavy (non-hydrogen) atoms. The van der Waals surface area contributed by atoms with Crippen molar-refractivity contribution in [2.45, 2.75) is 25.7 Å². The lowest BCUT2D eigenvalue weighted by molar-refractivity contribution is 0.286. The number of ether oxygens (including phenoxy) is 1. The summed E-state index contributed by atoms with van der Waals surface area (Å²) in [6.07, 6.45) is 12.7. The maximum atomic E-state index is 4.80. The van der Waals surface area contributed by atoms with Crippen LogP contribution in [-0.4, -0.2) is 6.61 Å². The van der Waals surface area contributed by atoms with Crippen molar-refractivity contribution in [2.75, 3.05) is 6.61 Å². The Hall–Kier alpha value is -2.54. The zero-order valence-electron chi connectivity index (χ0n) is 13.9. The summed E-state index contributed by atoms with van der Waals surface area (Å²) in [6, 6.07) is 18.0. The van der Waals surface area contributed by atoms with Gasteiger partial charge in [0.25, 0.3) is 0 Å². The lowest BCUT2D eigenvalue weighted by Crippen LogP contribution is -2.02. The molecule has 1 aliphatic heterocycles. The third-order valence-corrected chi connectivity index (χ3v) is 4.87. The second-order valence-corrected chi connectivity index (χ2v) is 6.38. The van der Waals surface area contributed by atoms with Gasteiger partial charge in [0.1, 0.15) is 6.61 Å². The fourth-order valence-electron chi connectivity index (χ4n) is 3.69. The third kappa shape index (κ3) is 2.94. The number of aryl methyl sites for hydroxylation is 2. The summed E-state index contributed by atoms with van der Waals surface area (Å²) in [5.41, 5.74) is 3.17. The van der Waals surface area contributed by atoms with Crippen molar-refractivity contribution in [1.82, 2.24) is 0 Å². The van der Waals surface area contributed by atoms with Crippen molar-refractivity contribution >= 4 is 21.5 Å². The lowest BCUT2D eigenvalue weighted by atomic mass is 9.86. The molecule has 1 aliphatic carbocycles. The molecule has 0 N–H and O–H groups in total. The maximum Gasteiger partial charge on any atom is 0.106 e. The monoisotopic (exact) mass is 314 g/mol. The molecular weight excluding hydrogens is 292 g/mol. The summed E-state index contributed by atoms with van der Waals surface area (Å²) in [5.74, 6) is 0. The number of rotatable bonds is 0. The van der Waals surface area contributed by atoms with Gasteiger partial charge in [-0.3, -0.25) is 0 Å². The Kier molecular flexibility index (Phi) is 4.33.